The van der Waals surface area contributed by atoms with Crippen molar-refractivity contribution in [2.24, 2.45) is 0 Å². The van der Waals surface area contributed by atoms with Crippen LogP contribution in [0.25, 0.3) is 0 Å². The molecule has 0 saturated carbocycles. The fraction of sp³-hybridized carbons (Fsp3) is 0.800. The summed E-state index contributed by atoms with van der Waals surface area (Å²) in [6, 6.07) is 1.12. The molecule has 0 spiro atoms. The molecular formula is C10H20O2Si. The lowest BCUT2D eigenvalue weighted by atomic mass is 10.0. The molecule has 1 heterocycles. The van der Waals surface area contributed by atoms with Crippen molar-refractivity contribution in [3.8, 4) is 0 Å². The van der Waals surface area contributed by atoms with E-state index in [4.69, 9.17) is 8.85 Å². The van der Waals surface area contributed by atoms with Crippen LogP contribution < -0.4 is 0 Å². The van der Waals surface area contributed by atoms with Crippen LogP contribution in [-0.4, -0.2) is 20.8 Å². The van der Waals surface area contributed by atoms with E-state index in [0.717, 1.165) is 19.1 Å². The molecule has 1 aliphatic heterocycles. The zero-order valence-corrected chi connectivity index (χ0v) is 9.93. The first-order valence-electron chi connectivity index (χ1n) is 5.01. The monoisotopic (exact) mass is 200 g/mol. The van der Waals surface area contributed by atoms with Gasteiger partial charge in [-0.1, -0.05) is 6.08 Å². The van der Waals surface area contributed by atoms with Gasteiger partial charge in [-0.05, 0) is 39.3 Å². The van der Waals surface area contributed by atoms with Gasteiger partial charge >= 0.3 is 8.56 Å². The third-order valence-corrected chi connectivity index (χ3v) is 5.69. The second kappa shape index (κ2) is 3.94. The summed E-state index contributed by atoms with van der Waals surface area (Å²) in [5.41, 5.74) is -0.144. The molecule has 0 aliphatic carbocycles. The second-order valence-electron chi connectivity index (χ2n) is 4.04. The SMILES string of the molecule is C=CC1(C)CCC[Si](C)(OCC)O1. The average molecular weight is 200 g/mol. The third kappa shape index (κ3) is 2.66. The highest BCUT2D eigenvalue weighted by Gasteiger charge is 2.42. The molecule has 3 heteroatoms. The molecule has 1 saturated heterocycles. The lowest BCUT2D eigenvalue weighted by Crippen LogP contribution is -2.49. The fourth-order valence-electron chi connectivity index (χ4n) is 1.91. The molecule has 0 aromatic heterocycles. The van der Waals surface area contributed by atoms with Gasteiger partial charge in [-0.2, -0.15) is 0 Å². The topological polar surface area (TPSA) is 18.5 Å². The lowest BCUT2D eigenvalue weighted by molar-refractivity contribution is 0.0506. The Morgan fingerprint density at radius 3 is 2.92 bits per heavy atom. The van der Waals surface area contributed by atoms with E-state index in [2.05, 4.69) is 20.0 Å². The molecule has 0 radical (unpaired) electrons. The van der Waals surface area contributed by atoms with Crippen molar-refractivity contribution in [1.29, 1.82) is 0 Å². The van der Waals surface area contributed by atoms with E-state index in [9.17, 15) is 0 Å². The normalized spacial score (nSPS) is 40.2. The van der Waals surface area contributed by atoms with Crippen molar-refractivity contribution < 1.29 is 8.85 Å². The van der Waals surface area contributed by atoms with E-state index in [1.807, 2.05) is 13.0 Å². The van der Waals surface area contributed by atoms with Gasteiger partial charge in [0.25, 0.3) is 0 Å². The van der Waals surface area contributed by atoms with Crippen LogP contribution in [-0.2, 0) is 8.85 Å². The fourth-order valence-corrected chi connectivity index (χ4v) is 4.81. The zero-order valence-electron chi connectivity index (χ0n) is 8.93. The quantitative estimate of drug-likeness (QED) is 0.515. The molecule has 0 amide bonds. The highest BCUT2D eigenvalue weighted by Crippen LogP contribution is 2.34. The first-order chi connectivity index (χ1) is 6.04. The Hall–Kier alpha value is -0.123. The number of hydrogen-bond acceptors (Lipinski definition) is 2. The van der Waals surface area contributed by atoms with Crippen molar-refractivity contribution in [1.82, 2.24) is 0 Å². The summed E-state index contributed by atoms with van der Waals surface area (Å²) in [5, 5.41) is 0. The van der Waals surface area contributed by atoms with Crippen LogP contribution in [0.4, 0.5) is 0 Å². The first kappa shape index (κ1) is 11.0. The Labute approximate surface area is 82.2 Å². The molecule has 0 aromatic carbocycles. The Morgan fingerprint density at radius 1 is 1.69 bits per heavy atom. The maximum atomic E-state index is 6.05. The molecule has 0 aromatic rings. The smallest absolute Gasteiger partial charge is 0.335 e. The molecule has 0 N–H and O–H groups in total. The second-order valence-corrected chi connectivity index (χ2v) is 7.30. The summed E-state index contributed by atoms with van der Waals surface area (Å²) in [5.74, 6) is 0. The average Bonchev–Trinajstić information content (AvgIpc) is 2.04. The van der Waals surface area contributed by atoms with Crippen molar-refractivity contribution in [2.45, 2.75) is 44.9 Å². The molecule has 2 nitrogen and oxygen atoms in total. The van der Waals surface area contributed by atoms with Gasteiger partial charge in [-0.25, -0.2) is 0 Å². The summed E-state index contributed by atoms with van der Waals surface area (Å²) in [6.45, 7) is 10.9. The Kier molecular flexibility index (Phi) is 3.32. The molecule has 2 unspecified atom stereocenters. The predicted molar refractivity (Wildman–Crippen MR) is 57.0 cm³/mol. The molecule has 1 fully saturated rings. The van der Waals surface area contributed by atoms with E-state index in [1.165, 1.54) is 6.42 Å². The summed E-state index contributed by atoms with van der Waals surface area (Å²) < 4.78 is 11.8. The van der Waals surface area contributed by atoms with Gasteiger partial charge in [0.05, 0.1) is 5.60 Å². The summed E-state index contributed by atoms with van der Waals surface area (Å²) >= 11 is 0. The summed E-state index contributed by atoms with van der Waals surface area (Å²) in [4.78, 5) is 0. The van der Waals surface area contributed by atoms with Gasteiger partial charge in [-0.3, -0.25) is 0 Å². The molecule has 1 aliphatic rings. The van der Waals surface area contributed by atoms with Crippen LogP contribution in [0.15, 0.2) is 12.7 Å². The van der Waals surface area contributed by atoms with Crippen LogP contribution in [0.5, 0.6) is 0 Å². The molecule has 0 bridgehead atoms. The van der Waals surface area contributed by atoms with Gasteiger partial charge in [-0.15, -0.1) is 6.58 Å². The van der Waals surface area contributed by atoms with Gasteiger partial charge < -0.3 is 8.85 Å². The van der Waals surface area contributed by atoms with Crippen molar-refractivity contribution in [3.05, 3.63) is 12.7 Å². The van der Waals surface area contributed by atoms with Crippen LogP contribution >= 0.6 is 0 Å². The van der Waals surface area contributed by atoms with Crippen LogP contribution in [0, 0.1) is 0 Å². The summed E-state index contributed by atoms with van der Waals surface area (Å²) in [7, 11) is -1.86. The molecule has 2 atom stereocenters. The maximum absolute atomic E-state index is 6.05. The third-order valence-electron chi connectivity index (χ3n) is 2.63. The van der Waals surface area contributed by atoms with Crippen LogP contribution in [0.2, 0.25) is 12.6 Å². The van der Waals surface area contributed by atoms with Gasteiger partial charge in [0, 0.05) is 6.61 Å². The molecule has 1 rings (SSSR count). The number of hydrogen-bond donors (Lipinski definition) is 0. The van der Waals surface area contributed by atoms with Gasteiger partial charge in [0.1, 0.15) is 0 Å². The predicted octanol–water partition coefficient (Wildman–Crippen LogP) is 2.85. The minimum atomic E-state index is -1.86. The largest absolute Gasteiger partial charge is 0.395 e. The summed E-state index contributed by atoms with van der Waals surface area (Å²) in [6.07, 6.45) is 4.19. The van der Waals surface area contributed by atoms with Crippen molar-refractivity contribution in [3.63, 3.8) is 0 Å². The van der Waals surface area contributed by atoms with E-state index < -0.39 is 8.56 Å². The Bertz CT molecular complexity index is 191. The van der Waals surface area contributed by atoms with Gasteiger partial charge in [0.2, 0.25) is 0 Å². The van der Waals surface area contributed by atoms with Crippen LogP contribution in [0.3, 0.4) is 0 Å². The van der Waals surface area contributed by atoms with Gasteiger partial charge in [0.15, 0.2) is 0 Å². The van der Waals surface area contributed by atoms with Crippen molar-refractivity contribution in [2.75, 3.05) is 6.61 Å². The molecule has 76 valence electrons. The van der Waals surface area contributed by atoms with E-state index in [-0.39, 0.29) is 5.60 Å². The number of rotatable bonds is 3. The minimum absolute atomic E-state index is 0.144. The van der Waals surface area contributed by atoms with Crippen molar-refractivity contribution >= 4 is 8.56 Å². The standard InChI is InChI=1S/C10H20O2Si/c1-5-10(3)8-7-9-13(4,12-10)11-6-2/h5H,1,6-9H2,2-4H3. The minimum Gasteiger partial charge on any atom is -0.395 e. The first-order valence-corrected chi connectivity index (χ1v) is 7.54. The highest BCUT2D eigenvalue weighted by molar-refractivity contribution is 6.66. The Balaban J connectivity index is 2.64. The lowest BCUT2D eigenvalue weighted by Gasteiger charge is -2.41. The highest BCUT2D eigenvalue weighted by atomic mass is 28.4. The maximum Gasteiger partial charge on any atom is 0.335 e. The molecule has 13 heavy (non-hydrogen) atoms. The zero-order chi connectivity index (χ0) is 9.95. The molecular weight excluding hydrogens is 180 g/mol. The van der Waals surface area contributed by atoms with E-state index >= 15 is 0 Å². The van der Waals surface area contributed by atoms with E-state index in [0.29, 0.717) is 0 Å². The van der Waals surface area contributed by atoms with E-state index in [1.54, 1.807) is 0 Å². The van der Waals surface area contributed by atoms with Crippen LogP contribution in [0.1, 0.15) is 26.7 Å². The Morgan fingerprint density at radius 2 is 2.38 bits per heavy atom.